The molecule has 5 heterocycles. The molecular formula is C27H27F4N7O8S8. The molecule has 0 radical (unpaired) electrons. The van der Waals surface area contributed by atoms with Crippen LogP contribution in [0.1, 0.15) is 12.1 Å². The highest BCUT2D eigenvalue weighted by Gasteiger charge is 2.51. The van der Waals surface area contributed by atoms with Gasteiger partial charge in [0.1, 0.15) is 76.8 Å². The van der Waals surface area contributed by atoms with Crippen LogP contribution < -0.4 is 0 Å². The van der Waals surface area contributed by atoms with Crippen LogP contribution in [-0.2, 0) is 76.3 Å². The molecule has 0 aliphatic carbocycles. The van der Waals surface area contributed by atoms with Gasteiger partial charge >= 0.3 is 0 Å². The fourth-order valence-electron chi connectivity index (χ4n) is 5.48. The Morgan fingerprint density at radius 2 is 1.19 bits per heavy atom. The van der Waals surface area contributed by atoms with Crippen molar-refractivity contribution >= 4 is 78.5 Å². The zero-order valence-corrected chi connectivity index (χ0v) is 33.2. The largest absolute Gasteiger partial charge is 0.394 e. The van der Waals surface area contributed by atoms with Gasteiger partial charge in [-0.25, -0.2) is 26.9 Å². The maximum atomic E-state index is 13.8. The molecule has 10 atom stereocenters. The Morgan fingerprint density at radius 3 is 1.65 bits per heavy atom. The minimum atomic E-state index is -1.68. The highest BCUT2D eigenvalue weighted by Crippen LogP contribution is 2.42. The Kier molecular flexibility index (Phi) is 15.9. The predicted octanol–water partition coefficient (Wildman–Crippen LogP) is -0.468. The Balaban J connectivity index is 0.000000730. The van der Waals surface area contributed by atoms with Crippen molar-refractivity contribution in [1.82, 2.24) is 35.0 Å². The zero-order chi connectivity index (χ0) is 39.1. The summed E-state index contributed by atoms with van der Waals surface area (Å²) in [5.41, 5.74) is -2.54. The first-order valence-corrected chi connectivity index (χ1v) is 24.0. The molecule has 2 saturated heterocycles. The van der Waals surface area contributed by atoms with E-state index in [-0.39, 0.29) is 22.6 Å². The number of hydrogen-bond donors (Lipinski definition) is 6. The SMILES string of the molecule is OCC1O[C@@H](SC2O[C@H](CO)C(O)C(n3cc(-c4ccc(F)cn4)nn3)[C@H]2O)C(O)[C@@H](n2cc(-c3cc(F)c(F)c(F)c3)nn2)[C@H]1O.S=S=S=S=S=S=S. The van der Waals surface area contributed by atoms with Crippen LogP contribution in [0.3, 0.4) is 0 Å². The van der Waals surface area contributed by atoms with Gasteiger partial charge in [-0.3, -0.25) is 4.98 Å². The Morgan fingerprint density at radius 1 is 0.685 bits per heavy atom. The minimum absolute atomic E-state index is 0.130. The predicted molar refractivity (Wildman–Crippen MR) is 201 cm³/mol. The highest BCUT2D eigenvalue weighted by molar-refractivity contribution is 8.68. The van der Waals surface area contributed by atoms with Crippen molar-refractivity contribution in [1.29, 1.82) is 0 Å². The number of aromatic nitrogens is 7. The van der Waals surface area contributed by atoms with E-state index in [1.54, 1.807) is 26.6 Å². The minimum Gasteiger partial charge on any atom is -0.394 e. The number of ether oxygens (including phenoxy) is 2. The first-order chi connectivity index (χ1) is 25.9. The number of halogens is 4. The Labute approximate surface area is 330 Å². The number of rotatable bonds is 8. The van der Waals surface area contributed by atoms with Crippen molar-refractivity contribution in [3.05, 3.63) is 66.1 Å². The van der Waals surface area contributed by atoms with Crippen LogP contribution in [0.25, 0.3) is 22.6 Å². The third-order valence-corrected chi connectivity index (χ3v) is 18.2. The second-order valence-electron chi connectivity index (χ2n) is 11.2. The van der Waals surface area contributed by atoms with Gasteiger partial charge in [-0.05, 0) is 24.3 Å². The summed E-state index contributed by atoms with van der Waals surface area (Å²) in [5.74, 6) is -5.19. The van der Waals surface area contributed by atoms with E-state index in [4.69, 9.17) is 9.47 Å². The Bertz CT molecular complexity index is 2090. The highest BCUT2D eigenvalue weighted by atomic mass is 33.4. The summed E-state index contributed by atoms with van der Waals surface area (Å²) in [7, 11) is 7.36. The number of benzene rings is 1. The van der Waals surface area contributed by atoms with Crippen LogP contribution in [0, 0.1) is 23.3 Å². The molecule has 6 rings (SSSR count). The van der Waals surface area contributed by atoms with Crippen LogP contribution in [0.15, 0.2) is 42.9 Å². The van der Waals surface area contributed by atoms with E-state index in [2.05, 4.69) is 48.0 Å². The molecule has 4 aromatic rings. The lowest BCUT2D eigenvalue weighted by atomic mass is 9.97. The molecule has 2 fully saturated rings. The van der Waals surface area contributed by atoms with E-state index in [9.17, 15) is 48.2 Å². The lowest BCUT2D eigenvalue weighted by molar-refractivity contribution is -0.189. The van der Waals surface area contributed by atoms with Crippen molar-refractivity contribution in [2.75, 3.05) is 13.2 Å². The summed E-state index contributed by atoms with van der Waals surface area (Å²) < 4.78 is 68.1. The summed E-state index contributed by atoms with van der Waals surface area (Å²) in [6.07, 6.45) is -5.43. The van der Waals surface area contributed by atoms with E-state index < -0.39 is 96.1 Å². The van der Waals surface area contributed by atoms with Gasteiger partial charge in [0.2, 0.25) is 0 Å². The van der Waals surface area contributed by atoms with Crippen LogP contribution in [0.5, 0.6) is 0 Å². The van der Waals surface area contributed by atoms with Crippen molar-refractivity contribution < 1.29 is 57.7 Å². The third kappa shape index (κ3) is 9.90. The van der Waals surface area contributed by atoms with Crippen molar-refractivity contribution in [2.24, 2.45) is 0 Å². The lowest BCUT2D eigenvalue weighted by Crippen LogP contribution is -2.58. The van der Waals surface area contributed by atoms with E-state index >= 15 is 0 Å². The molecule has 27 heteroatoms. The van der Waals surface area contributed by atoms with E-state index in [1.807, 2.05) is 0 Å². The lowest BCUT2D eigenvalue weighted by Gasteiger charge is -2.46. The number of aliphatic hydroxyl groups excluding tert-OH is 6. The second-order valence-corrected chi connectivity index (χ2v) is 21.2. The molecule has 3 aromatic heterocycles. The summed E-state index contributed by atoms with van der Waals surface area (Å²) in [4.78, 5) is 3.93. The molecule has 2 aliphatic heterocycles. The van der Waals surface area contributed by atoms with Crippen molar-refractivity contribution in [2.45, 2.75) is 59.6 Å². The summed E-state index contributed by atoms with van der Waals surface area (Å²) in [5, 5.41) is 80.1. The standard InChI is InChI=1S/C27H27F4N7O8S.S7/c28-11-1-2-14(32-5-11)16-7-38(36-34-16)21-23(42)18(9-40)46-27(25(21)44)47-26-24(43)20(22(41)17(8-39)45-26)37-6-15(33-35-37)10-3-12(29)19(31)13(30)4-10;1-3-5-7-6-4-2/h1-7,17-18,20-27,39-44H,8-9H2;/t17?,18-,20+,21?,22+,23?,24?,25-,26+,27?;/m1./s1. The second kappa shape index (κ2) is 19.9. The number of pyridine rings is 1. The number of nitrogens with zero attached hydrogens (tertiary/aromatic N) is 7. The van der Waals surface area contributed by atoms with Gasteiger partial charge in [-0.15, -0.1) is 10.2 Å². The molecule has 0 bridgehead atoms. The molecule has 6 N–H and O–H groups in total. The van der Waals surface area contributed by atoms with Crippen LogP contribution >= 0.6 is 11.8 Å². The van der Waals surface area contributed by atoms with Gasteiger partial charge in [-0.2, -0.15) is 0 Å². The van der Waals surface area contributed by atoms with Crippen LogP contribution in [0.4, 0.5) is 17.6 Å². The van der Waals surface area contributed by atoms with Gasteiger partial charge in [0.15, 0.2) is 17.5 Å². The summed E-state index contributed by atoms with van der Waals surface area (Å²) in [6, 6.07) is 1.27. The quantitative estimate of drug-likeness (QED) is 0.0975. The maximum absolute atomic E-state index is 13.8. The maximum Gasteiger partial charge on any atom is 0.194 e. The van der Waals surface area contributed by atoms with E-state index in [0.29, 0.717) is 23.9 Å². The topological polar surface area (TPSA) is 214 Å². The number of thioether (sulfide) groups is 1. The molecule has 0 amide bonds. The fourth-order valence-corrected chi connectivity index (χ4v) is 15.0. The van der Waals surface area contributed by atoms with Crippen LogP contribution in [-0.4, -0.2) is 126 Å². The first kappa shape index (κ1) is 43.1. The monoisotopic (exact) mass is 909 g/mol. The van der Waals surface area contributed by atoms with Crippen molar-refractivity contribution in [3.8, 4) is 22.6 Å². The first-order valence-electron chi connectivity index (χ1n) is 15.0. The molecular weight excluding hydrogens is 883 g/mol. The molecule has 54 heavy (non-hydrogen) atoms. The smallest absolute Gasteiger partial charge is 0.194 e. The molecule has 5 unspecified atom stereocenters. The number of aliphatic hydroxyl groups is 6. The van der Waals surface area contributed by atoms with Gasteiger partial charge < -0.3 is 40.1 Å². The summed E-state index contributed by atoms with van der Waals surface area (Å²) >= 11 is 9.84. The van der Waals surface area contributed by atoms with Crippen molar-refractivity contribution in [3.63, 3.8) is 0 Å². The Hall–Kier alpha value is -2.06. The molecule has 0 spiro atoms. The van der Waals surface area contributed by atoms with Crippen LogP contribution in [0.2, 0.25) is 0 Å². The van der Waals surface area contributed by atoms with E-state index in [0.717, 1.165) is 27.8 Å². The molecule has 2 aliphatic rings. The zero-order valence-electron chi connectivity index (χ0n) is 26.6. The van der Waals surface area contributed by atoms with Gasteiger partial charge in [0, 0.05) is 72.3 Å². The third-order valence-electron chi connectivity index (χ3n) is 7.98. The summed E-state index contributed by atoms with van der Waals surface area (Å²) in [6.45, 7) is -1.42. The fraction of sp³-hybridized carbons (Fsp3) is 0.444. The normalized spacial score (nSPS) is 28.0. The van der Waals surface area contributed by atoms with Gasteiger partial charge in [0.25, 0.3) is 0 Å². The average Bonchev–Trinajstić information content (AvgIpc) is 3.85. The molecule has 15 nitrogen and oxygen atoms in total. The van der Waals surface area contributed by atoms with Gasteiger partial charge in [0.05, 0.1) is 37.5 Å². The average molecular weight is 910 g/mol. The van der Waals surface area contributed by atoms with E-state index in [1.165, 1.54) is 30.0 Å². The number of hydrogen-bond acceptors (Lipinski definition) is 16. The van der Waals surface area contributed by atoms with Gasteiger partial charge in [-0.1, -0.05) is 22.2 Å². The molecule has 294 valence electrons. The molecule has 1 aromatic carbocycles. The molecule has 0 saturated carbocycles.